The van der Waals surface area contributed by atoms with Crippen LogP contribution in [0, 0.1) is 0 Å². The number of rotatable bonds is 3. The second-order valence-corrected chi connectivity index (χ2v) is 5.86. The molecule has 9 heteroatoms. The molecule has 0 aliphatic carbocycles. The van der Waals surface area contributed by atoms with Crippen molar-refractivity contribution in [2.45, 2.75) is 12.5 Å². The molecule has 3 aromatic heterocycles. The van der Waals surface area contributed by atoms with Gasteiger partial charge in [0.05, 0.1) is 11.9 Å². The first-order valence-corrected chi connectivity index (χ1v) is 7.79. The van der Waals surface area contributed by atoms with Crippen LogP contribution in [0.1, 0.15) is 6.42 Å². The number of carbonyl (C=O) groups excluding carboxylic acids is 1. The fourth-order valence-electron chi connectivity index (χ4n) is 2.85. The first kappa shape index (κ1) is 14.5. The van der Waals surface area contributed by atoms with Gasteiger partial charge in [-0.25, -0.2) is 14.3 Å². The van der Waals surface area contributed by atoms with Crippen LogP contribution in [0.4, 0.5) is 16.3 Å². The van der Waals surface area contributed by atoms with Crippen molar-refractivity contribution in [2.75, 3.05) is 23.7 Å². The summed E-state index contributed by atoms with van der Waals surface area (Å²) in [6.07, 6.45) is 7.81. The van der Waals surface area contributed by atoms with Crippen LogP contribution >= 0.6 is 0 Å². The van der Waals surface area contributed by atoms with Gasteiger partial charge in [0.2, 0.25) is 0 Å². The maximum atomic E-state index is 12.3. The number of nitrogens with one attached hydrogen (secondary N) is 2. The smallest absolute Gasteiger partial charge is 0.322 e. The van der Waals surface area contributed by atoms with Crippen LogP contribution in [0.5, 0.6) is 0 Å². The molecule has 4 rings (SSSR count). The van der Waals surface area contributed by atoms with E-state index in [0.29, 0.717) is 18.8 Å². The summed E-state index contributed by atoms with van der Waals surface area (Å²) in [6.45, 7) is 1.34. The highest BCUT2D eigenvalue weighted by molar-refractivity contribution is 5.89. The third-order valence-corrected chi connectivity index (χ3v) is 4.04. The van der Waals surface area contributed by atoms with Crippen LogP contribution in [0.2, 0.25) is 0 Å². The molecule has 24 heavy (non-hydrogen) atoms. The van der Waals surface area contributed by atoms with Gasteiger partial charge in [-0.1, -0.05) is 0 Å². The number of anilines is 2. The normalized spacial score (nSPS) is 17.4. The van der Waals surface area contributed by atoms with Crippen LogP contribution in [-0.2, 0) is 7.05 Å². The van der Waals surface area contributed by atoms with Crippen molar-refractivity contribution in [1.82, 2.24) is 29.3 Å². The lowest BCUT2D eigenvalue weighted by molar-refractivity contribution is 0.222. The second kappa shape index (κ2) is 5.84. The van der Waals surface area contributed by atoms with Gasteiger partial charge >= 0.3 is 6.03 Å². The summed E-state index contributed by atoms with van der Waals surface area (Å²) in [5.41, 5.74) is 1.51. The third kappa shape index (κ3) is 2.87. The number of aryl methyl sites for hydroxylation is 1. The van der Waals surface area contributed by atoms with Gasteiger partial charge in [0.1, 0.15) is 5.82 Å². The van der Waals surface area contributed by atoms with Gasteiger partial charge < -0.3 is 15.5 Å². The van der Waals surface area contributed by atoms with E-state index in [1.54, 1.807) is 32.7 Å². The molecule has 1 aliphatic rings. The van der Waals surface area contributed by atoms with E-state index < -0.39 is 0 Å². The largest absolute Gasteiger partial charge is 0.364 e. The molecule has 0 bridgehead atoms. The highest BCUT2D eigenvalue weighted by Gasteiger charge is 2.26. The topological polar surface area (TPSA) is 92.4 Å². The highest BCUT2D eigenvalue weighted by atomic mass is 16.2. The maximum absolute atomic E-state index is 12.3. The molecule has 1 atom stereocenters. The van der Waals surface area contributed by atoms with Crippen LogP contribution in [-0.4, -0.2) is 54.4 Å². The number of aromatic nitrogens is 5. The Morgan fingerprint density at radius 2 is 2.29 bits per heavy atom. The molecule has 1 fully saturated rings. The lowest BCUT2D eigenvalue weighted by Gasteiger charge is -2.17. The zero-order valence-electron chi connectivity index (χ0n) is 13.3. The van der Waals surface area contributed by atoms with E-state index in [-0.39, 0.29) is 12.1 Å². The fraction of sp³-hybridized carbons (Fsp3) is 0.333. The van der Waals surface area contributed by atoms with Crippen molar-refractivity contribution in [3.8, 4) is 0 Å². The number of likely N-dealkylation sites (tertiary alicyclic amines) is 1. The molecule has 2 amide bonds. The van der Waals surface area contributed by atoms with E-state index >= 15 is 0 Å². The Bertz CT molecular complexity index is 869. The molecule has 2 N–H and O–H groups in total. The van der Waals surface area contributed by atoms with Gasteiger partial charge in [-0.2, -0.15) is 5.10 Å². The molecular weight excluding hydrogens is 308 g/mol. The predicted octanol–water partition coefficient (Wildman–Crippen LogP) is 1.18. The SMILES string of the molecule is Cn1cc(NC(=O)N2CCC(Nc3ccc4nccn4n3)C2)cn1. The Morgan fingerprint density at radius 1 is 1.38 bits per heavy atom. The minimum absolute atomic E-state index is 0.106. The number of nitrogens with zero attached hydrogens (tertiary/aromatic N) is 6. The Hall–Kier alpha value is -3.10. The fourth-order valence-corrected chi connectivity index (χ4v) is 2.85. The Kier molecular flexibility index (Phi) is 3.52. The van der Waals surface area contributed by atoms with Crippen LogP contribution in [0.25, 0.3) is 5.65 Å². The molecule has 9 nitrogen and oxygen atoms in total. The predicted molar refractivity (Wildman–Crippen MR) is 88.8 cm³/mol. The van der Waals surface area contributed by atoms with E-state index in [4.69, 9.17) is 0 Å². The van der Waals surface area contributed by atoms with Gasteiger partial charge in [0.15, 0.2) is 5.65 Å². The van der Waals surface area contributed by atoms with Gasteiger partial charge in [0.25, 0.3) is 0 Å². The molecule has 1 unspecified atom stereocenters. The number of hydrogen-bond donors (Lipinski definition) is 2. The summed E-state index contributed by atoms with van der Waals surface area (Å²) in [7, 11) is 1.82. The molecule has 124 valence electrons. The lowest BCUT2D eigenvalue weighted by Crippen LogP contribution is -2.35. The average molecular weight is 326 g/mol. The molecule has 0 saturated carbocycles. The Balaban J connectivity index is 1.36. The number of fused-ring (bicyclic) bond motifs is 1. The van der Waals surface area contributed by atoms with Crippen molar-refractivity contribution >= 4 is 23.2 Å². The molecule has 3 aromatic rings. The summed E-state index contributed by atoms with van der Waals surface area (Å²) in [5.74, 6) is 0.778. The molecule has 1 saturated heterocycles. The minimum Gasteiger partial charge on any atom is -0.364 e. The van der Waals surface area contributed by atoms with Crippen LogP contribution in [0.15, 0.2) is 36.9 Å². The van der Waals surface area contributed by atoms with Gasteiger partial charge in [-0.3, -0.25) is 4.68 Å². The minimum atomic E-state index is -0.106. The number of amides is 2. The summed E-state index contributed by atoms with van der Waals surface area (Å²) in [5, 5.41) is 14.7. The zero-order valence-corrected chi connectivity index (χ0v) is 13.3. The summed E-state index contributed by atoms with van der Waals surface area (Å²) >= 11 is 0. The molecular formula is C15H18N8O. The lowest BCUT2D eigenvalue weighted by atomic mass is 10.2. The van der Waals surface area contributed by atoms with E-state index in [1.165, 1.54) is 0 Å². The van der Waals surface area contributed by atoms with Crippen molar-refractivity contribution in [3.05, 3.63) is 36.9 Å². The van der Waals surface area contributed by atoms with Crippen molar-refractivity contribution in [2.24, 2.45) is 7.05 Å². The second-order valence-electron chi connectivity index (χ2n) is 5.86. The standard InChI is InChI=1S/C15H18N8O/c1-21-9-12(8-17-21)19-15(24)22-6-4-11(10-22)18-13-2-3-14-16-5-7-23(14)20-13/h2-3,5,7-9,11H,4,6,10H2,1H3,(H,18,20)(H,19,24). The van der Waals surface area contributed by atoms with E-state index in [0.717, 1.165) is 17.9 Å². The van der Waals surface area contributed by atoms with Gasteiger partial charge in [0, 0.05) is 44.8 Å². The number of hydrogen-bond acceptors (Lipinski definition) is 5. The number of urea groups is 1. The van der Waals surface area contributed by atoms with Gasteiger partial charge in [-0.05, 0) is 18.6 Å². The van der Waals surface area contributed by atoms with Crippen molar-refractivity contribution in [1.29, 1.82) is 0 Å². The molecule has 0 spiro atoms. The van der Waals surface area contributed by atoms with E-state index in [9.17, 15) is 4.79 Å². The Morgan fingerprint density at radius 3 is 3.12 bits per heavy atom. The maximum Gasteiger partial charge on any atom is 0.322 e. The third-order valence-electron chi connectivity index (χ3n) is 4.04. The Labute approximate surface area is 138 Å². The highest BCUT2D eigenvalue weighted by Crippen LogP contribution is 2.16. The van der Waals surface area contributed by atoms with Crippen molar-refractivity contribution < 1.29 is 4.79 Å². The van der Waals surface area contributed by atoms with Crippen molar-refractivity contribution in [3.63, 3.8) is 0 Å². The average Bonchev–Trinajstić information content (AvgIpc) is 3.28. The molecule has 0 aromatic carbocycles. The summed E-state index contributed by atoms with van der Waals surface area (Å²) in [6, 6.07) is 3.89. The van der Waals surface area contributed by atoms with Crippen LogP contribution < -0.4 is 10.6 Å². The quantitative estimate of drug-likeness (QED) is 0.754. The summed E-state index contributed by atoms with van der Waals surface area (Å²) < 4.78 is 3.38. The van der Waals surface area contributed by atoms with Crippen LogP contribution in [0.3, 0.4) is 0 Å². The van der Waals surface area contributed by atoms with E-state index in [2.05, 4.69) is 25.8 Å². The molecule has 0 radical (unpaired) electrons. The van der Waals surface area contributed by atoms with E-state index in [1.807, 2.05) is 25.4 Å². The number of carbonyl (C=O) groups is 1. The van der Waals surface area contributed by atoms with Gasteiger partial charge in [-0.15, -0.1) is 5.10 Å². The molecule has 1 aliphatic heterocycles. The zero-order chi connectivity index (χ0) is 16.5. The molecule has 4 heterocycles. The number of imidazole rings is 1. The monoisotopic (exact) mass is 326 g/mol. The first-order chi connectivity index (χ1) is 11.7. The first-order valence-electron chi connectivity index (χ1n) is 7.79. The summed E-state index contributed by atoms with van der Waals surface area (Å²) in [4.78, 5) is 18.2.